The Morgan fingerprint density at radius 2 is 2.10 bits per heavy atom. The minimum atomic E-state index is -0.820. The monoisotopic (exact) mass is 370 g/mol. The predicted molar refractivity (Wildman–Crippen MR) is 85.4 cm³/mol. The summed E-state index contributed by atoms with van der Waals surface area (Å²) in [6.07, 6.45) is 2.24. The van der Waals surface area contributed by atoms with Gasteiger partial charge in [-0.2, -0.15) is 0 Å². The number of anilines is 1. The van der Waals surface area contributed by atoms with Crippen LogP contribution in [0.25, 0.3) is 0 Å². The molecular weight excluding hydrogens is 356 g/mol. The van der Waals surface area contributed by atoms with Crippen molar-refractivity contribution in [2.75, 3.05) is 11.4 Å². The Kier molecular flexibility index (Phi) is 3.74. The lowest BCUT2D eigenvalue weighted by molar-refractivity contribution is -0.130. The molecule has 0 aromatic heterocycles. The second kappa shape index (κ2) is 5.29. The lowest BCUT2D eigenvalue weighted by Gasteiger charge is -2.32. The van der Waals surface area contributed by atoms with Crippen molar-refractivity contribution in [3.8, 4) is 0 Å². The summed E-state index contributed by atoms with van der Waals surface area (Å²) < 4.78 is 0.853. The standard InChI is InChI=1S/C15H16BrClN2O2/c1-15(9-2-3-9)14(21)19(7-6-13(20)18-15)12-8-10(16)4-5-11(12)17/h4-5,8-9H,2-3,6-7H2,1H3,(H,18,20). The summed E-state index contributed by atoms with van der Waals surface area (Å²) in [6.45, 7) is 2.18. The average Bonchev–Trinajstić information content (AvgIpc) is 3.26. The molecule has 4 nitrogen and oxygen atoms in total. The molecule has 1 aliphatic carbocycles. The number of nitrogens with one attached hydrogen (secondary N) is 1. The molecule has 1 aliphatic heterocycles. The van der Waals surface area contributed by atoms with Crippen LogP contribution in [0, 0.1) is 5.92 Å². The Balaban J connectivity index is 2.02. The molecule has 2 fully saturated rings. The minimum Gasteiger partial charge on any atom is -0.342 e. The molecule has 1 saturated heterocycles. The van der Waals surface area contributed by atoms with Gasteiger partial charge in [-0.25, -0.2) is 0 Å². The smallest absolute Gasteiger partial charge is 0.252 e. The van der Waals surface area contributed by atoms with Crippen molar-refractivity contribution >= 4 is 45.0 Å². The summed E-state index contributed by atoms with van der Waals surface area (Å²) in [5.41, 5.74) is -0.168. The third kappa shape index (κ3) is 2.69. The Labute approximate surface area is 137 Å². The largest absolute Gasteiger partial charge is 0.342 e. The van der Waals surface area contributed by atoms with Gasteiger partial charge in [-0.05, 0) is 43.9 Å². The molecule has 1 aromatic carbocycles. The minimum absolute atomic E-state index is 0.0733. The Hall–Kier alpha value is -1.07. The van der Waals surface area contributed by atoms with E-state index in [4.69, 9.17) is 11.6 Å². The molecule has 2 aliphatic rings. The molecule has 1 heterocycles. The van der Waals surface area contributed by atoms with Crippen LogP contribution < -0.4 is 10.2 Å². The van der Waals surface area contributed by atoms with Crippen LogP contribution in [0.4, 0.5) is 5.69 Å². The maximum Gasteiger partial charge on any atom is 0.252 e. The normalized spacial score (nSPS) is 26.5. The summed E-state index contributed by atoms with van der Waals surface area (Å²) in [6, 6.07) is 5.41. The van der Waals surface area contributed by atoms with E-state index in [0.29, 0.717) is 17.3 Å². The number of amides is 2. The van der Waals surface area contributed by atoms with Crippen molar-refractivity contribution < 1.29 is 9.59 Å². The number of rotatable bonds is 2. The molecule has 1 unspecified atom stereocenters. The predicted octanol–water partition coefficient (Wildman–Crippen LogP) is 3.12. The Morgan fingerprint density at radius 1 is 1.38 bits per heavy atom. The van der Waals surface area contributed by atoms with E-state index < -0.39 is 5.54 Å². The highest BCUT2D eigenvalue weighted by atomic mass is 79.9. The summed E-state index contributed by atoms with van der Waals surface area (Å²) in [4.78, 5) is 26.6. The van der Waals surface area contributed by atoms with Gasteiger partial charge in [0.2, 0.25) is 5.91 Å². The van der Waals surface area contributed by atoms with Gasteiger partial charge >= 0.3 is 0 Å². The lowest BCUT2D eigenvalue weighted by Crippen LogP contribution is -2.57. The van der Waals surface area contributed by atoms with E-state index in [1.165, 1.54) is 0 Å². The van der Waals surface area contributed by atoms with Crippen molar-refractivity contribution in [1.29, 1.82) is 0 Å². The van der Waals surface area contributed by atoms with Gasteiger partial charge in [-0.3, -0.25) is 9.59 Å². The topological polar surface area (TPSA) is 49.4 Å². The molecule has 1 N–H and O–H groups in total. The maximum atomic E-state index is 13.0. The summed E-state index contributed by atoms with van der Waals surface area (Å²) >= 11 is 9.66. The van der Waals surface area contributed by atoms with Gasteiger partial charge in [0.1, 0.15) is 5.54 Å². The lowest BCUT2D eigenvalue weighted by atomic mass is 9.94. The van der Waals surface area contributed by atoms with E-state index in [1.807, 2.05) is 19.1 Å². The van der Waals surface area contributed by atoms with E-state index in [2.05, 4.69) is 21.2 Å². The molecule has 2 amide bonds. The van der Waals surface area contributed by atoms with Crippen LogP contribution in [0.15, 0.2) is 22.7 Å². The van der Waals surface area contributed by atoms with Gasteiger partial charge < -0.3 is 10.2 Å². The van der Waals surface area contributed by atoms with Crippen molar-refractivity contribution in [2.24, 2.45) is 5.92 Å². The van der Waals surface area contributed by atoms with Crippen LogP contribution in [-0.4, -0.2) is 23.9 Å². The highest BCUT2D eigenvalue weighted by molar-refractivity contribution is 9.10. The third-order valence-corrected chi connectivity index (χ3v) is 5.06. The SMILES string of the molecule is CC1(C2CC2)NC(=O)CCN(c2cc(Br)ccc2Cl)C1=O. The average molecular weight is 372 g/mol. The molecule has 0 bridgehead atoms. The van der Waals surface area contributed by atoms with E-state index in [9.17, 15) is 9.59 Å². The first kappa shape index (κ1) is 14.9. The summed E-state index contributed by atoms with van der Waals surface area (Å²) in [5, 5.41) is 3.43. The summed E-state index contributed by atoms with van der Waals surface area (Å²) in [7, 11) is 0. The van der Waals surface area contributed by atoms with Gasteiger partial charge in [0.15, 0.2) is 0 Å². The molecule has 21 heavy (non-hydrogen) atoms. The van der Waals surface area contributed by atoms with E-state index in [-0.39, 0.29) is 24.2 Å². The van der Waals surface area contributed by atoms with Crippen LogP contribution >= 0.6 is 27.5 Å². The third-order valence-electron chi connectivity index (χ3n) is 4.24. The van der Waals surface area contributed by atoms with Crippen LogP contribution in [0.1, 0.15) is 26.2 Å². The van der Waals surface area contributed by atoms with E-state index >= 15 is 0 Å². The second-order valence-electron chi connectivity index (χ2n) is 5.83. The fraction of sp³-hybridized carbons (Fsp3) is 0.467. The quantitative estimate of drug-likeness (QED) is 0.868. The van der Waals surface area contributed by atoms with Crippen LogP contribution in [0.2, 0.25) is 5.02 Å². The molecular formula is C15H16BrClN2O2. The molecule has 112 valence electrons. The zero-order chi connectivity index (χ0) is 15.2. The maximum absolute atomic E-state index is 13.0. The molecule has 1 aromatic rings. The molecule has 6 heteroatoms. The molecule has 0 radical (unpaired) electrons. The first-order chi connectivity index (χ1) is 9.91. The number of nitrogens with zero attached hydrogens (tertiary/aromatic N) is 1. The van der Waals surface area contributed by atoms with E-state index in [1.54, 1.807) is 11.0 Å². The van der Waals surface area contributed by atoms with Crippen LogP contribution in [0.3, 0.4) is 0 Å². The first-order valence-corrected chi connectivity index (χ1v) is 8.17. The number of carbonyl (C=O) groups excluding carboxylic acids is 2. The number of carbonyl (C=O) groups is 2. The zero-order valence-corrected chi connectivity index (χ0v) is 14.0. The molecule has 1 saturated carbocycles. The van der Waals surface area contributed by atoms with Crippen molar-refractivity contribution in [2.45, 2.75) is 31.7 Å². The van der Waals surface area contributed by atoms with Gasteiger partial charge in [-0.15, -0.1) is 0 Å². The van der Waals surface area contributed by atoms with Gasteiger partial charge in [0.05, 0.1) is 10.7 Å². The number of hydrogen-bond acceptors (Lipinski definition) is 2. The second-order valence-corrected chi connectivity index (χ2v) is 7.15. The molecule has 0 spiro atoms. The number of benzene rings is 1. The number of halogens is 2. The fourth-order valence-corrected chi connectivity index (χ4v) is 3.43. The molecule has 3 rings (SSSR count). The molecule has 1 atom stereocenters. The zero-order valence-electron chi connectivity index (χ0n) is 11.7. The van der Waals surface area contributed by atoms with Crippen molar-refractivity contribution in [3.05, 3.63) is 27.7 Å². The Bertz CT molecular complexity index is 618. The van der Waals surface area contributed by atoms with Crippen LogP contribution in [-0.2, 0) is 9.59 Å². The highest BCUT2D eigenvalue weighted by Gasteiger charge is 2.51. The van der Waals surface area contributed by atoms with E-state index in [0.717, 1.165) is 17.3 Å². The van der Waals surface area contributed by atoms with Crippen molar-refractivity contribution in [1.82, 2.24) is 5.32 Å². The van der Waals surface area contributed by atoms with Gasteiger partial charge in [-0.1, -0.05) is 27.5 Å². The first-order valence-electron chi connectivity index (χ1n) is 7.00. The number of hydrogen-bond donors (Lipinski definition) is 1. The highest BCUT2D eigenvalue weighted by Crippen LogP contribution is 2.42. The van der Waals surface area contributed by atoms with Gasteiger partial charge in [0, 0.05) is 17.4 Å². The fourth-order valence-electron chi connectivity index (χ4n) is 2.86. The Morgan fingerprint density at radius 3 is 2.76 bits per heavy atom. The van der Waals surface area contributed by atoms with Crippen LogP contribution in [0.5, 0.6) is 0 Å². The van der Waals surface area contributed by atoms with Crippen molar-refractivity contribution in [3.63, 3.8) is 0 Å². The van der Waals surface area contributed by atoms with Gasteiger partial charge in [0.25, 0.3) is 5.91 Å². The summed E-state index contributed by atoms with van der Waals surface area (Å²) in [5.74, 6) is 0.0719.